The van der Waals surface area contributed by atoms with Gasteiger partial charge >= 0.3 is 0 Å². The van der Waals surface area contributed by atoms with Gasteiger partial charge in [-0.15, -0.1) is 0 Å². The van der Waals surface area contributed by atoms with Crippen molar-refractivity contribution in [3.05, 3.63) is 174 Å². The van der Waals surface area contributed by atoms with Gasteiger partial charge in [-0.05, 0) is 97.4 Å². The van der Waals surface area contributed by atoms with Crippen molar-refractivity contribution in [2.75, 3.05) is 4.90 Å². The zero-order valence-electron chi connectivity index (χ0n) is 26.9. The highest BCUT2D eigenvalue weighted by atomic mass is 15.1. The first-order chi connectivity index (χ1) is 22.4. The number of anilines is 3. The Hall–Kier alpha value is -5.40. The van der Waals surface area contributed by atoms with Gasteiger partial charge in [0, 0.05) is 22.5 Å². The van der Waals surface area contributed by atoms with Crippen LogP contribution in [0, 0.1) is 0 Å². The third-order valence-electron chi connectivity index (χ3n) is 9.02. The lowest BCUT2D eigenvalue weighted by Crippen LogP contribution is -2.16. The van der Waals surface area contributed by atoms with E-state index in [1.807, 2.05) is 36.4 Å². The lowest BCUT2D eigenvalue weighted by Gasteiger charge is -2.28. The van der Waals surface area contributed by atoms with E-state index in [0.717, 1.165) is 39.0 Å². The van der Waals surface area contributed by atoms with Crippen molar-refractivity contribution in [3.8, 4) is 11.1 Å². The lowest BCUT2D eigenvalue weighted by atomic mass is 9.81. The van der Waals surface area contributed by atoms with Gasteiger partial charge in [-0.25, -0.2) is 0 Å². The first-order valence-electron chi connectivity index (χ1n) is 16.2. The fourth-order valence-corrected chi connectivity index (χ4v) is 6.69. The van der Waals surface area contributed by atoms with E-state index in [2.05, 4.69) is 134 Å². The fraction of sp³-hybridized carbons (Fsp3) is 0.0698. The number of para-hydroxylation sites is 1. The van der Waals surface area contributed by atoms with E-state index in [0.29, 0.717) is 0 Å². The Morgan fingerprint density at radius 3 is 1.68 bits per heavy atom. The maximum absolute atomic E-state index is 9.04. The molecule has 0 heterocycles. The Labute approximate surface area is 262 Å². The summed E-state index contributed by atoms with van der Waals surface area (Å²) in [6.07, 6.45) is 0. The highest BCUT2D eigenvalue weighted by Crippen LogP contribution is 2.51. The van der Waals surface area contributed by atoms with E-state index in [-0.39, 0.29) is 17.5 Å². The standard InChI is InChI=1S/C43H33N/c1-43(2)41-27-31(17-16-30-18-20-32-10-6-8-12-34(32)26-30)19-24-39(41)40-25-23-38(29-42(40)43)44(36-14-4-3-5-15-36)37-22-21-33-11-7-9-13-35(33)28-37/h3-29H,1-2H3/b17-16+/i16D,17D. The van der Waals surface area contributed by atoms with Crippen molar-refractivity contribution in [2.45, 2.75) is 19.3 Å². The number of fused-ring (bicyclic) bond motifs is 5. The minimum atomic E-state index is -0.284. The van der Waals surface area contributed by atoms with Crippen LogP contribution >= 0.6 is 0 Å². The van der Waals surface area contributed by atoms with Crippen LogP contribution in [0.15, 0.2) is 152 Å². The Morgan fingerprint density at radius 1 is 0.455 bits per heavy atom. The van der Waals surface area contributed by atoms with Crippen molar-refractivity contribution >= 4 is 50.7 Å². The van der Waals surface area contributed by atoms with Crippen LogP contribution in [0.4, 0.5) is 17.1 Å². The molecule has 0 spiro atoms. The number of rotatable bonds is 5. The van der Waals surface area contributed by atoms with Crippen LogP contribution in [-0.2, 0) is 5.41 Å². The largest absolute Gasteiger partial charge is 0.310 e. The van der Waals surface area contributed by atoms with E-state index in [4.69, 9.17) is 2.74 Å². The molecule has 1 heteroatoms. The Kier molecular flexibility index (Phi) is 5.69. The van der Waals surface area contributed by atoms with Crippen LogP contribution in [0.5, 0.6) is 0 Å². The monoisotopic (exact) mass is 565 g/mol. The summed E-state index contributed by atoms with van der Waals surface area (Å²) in [5.74, 6) is 0. The summed E-state index contributed by atoms with van der Waals surface area (Å²) in [6, 6.07) is 53.4. The molecule has 0 radical (unpaired) electrons. The fourth-order valence-electron chi connectivity index (χ4n) is 6.69. The smallest absolute Gasteiger partial charge is 0.0629 e. The van der Waals surface area contributed by atoms with Gasteiger partial charge in [-0.1, -0.05) is 135 Å². The maximum atomic E-state index is 9.04. The zero-order chi connectivity index (χ0) is 31.4. The maximum Gasteiger partial charge on any atom is 0.0629 e. The third-order valence-corrected chi connectivity index (χ3v) is 9.02. The van der Waals surface area contributed by atoms with Gasteiger partial charge in [-0.2, -0.15) is 0 Å². The van der Waals surface area contributed by atoms with Crippen molar-refractivity contribution in [1.82, 2.24) is 0 Å². The molecule has 0 saturated heterocycles. The van der Waals surface area contributed by atoms with Crippen molar-refractivity contribution < 1.29 is 2.74 Å². The van der Waals surface area contributed by atoms with Gasteiger partial charge < -0.3 is 4.90 Å². The molecule has 7 aromatic carbocycles. The molecule has 0 saturated carbocycles. The first-order valence-corrected chi connectivity index (χ1v) is 15.2. The highest BCUT2D eigenvalue weighted by Gasteiger charge is 2.36. The zero-order valence-corrected chi connectivity index (χ0v) is 24.9. The van der Waals surface area contributed by atoms with E-state index < -0.39 is 0 Å². The summed E-state index contributed by atoms with van der Waals surface area (Å²) in [5, 5.41) is 4.64. The van der Waals surface area contributed by atoms with Gasteiger partial charge in [-0.3, -0.25) is 0 Å². The number of hydrogen-bond donors (Lipinski definition) is 0. The van der Waals surface area contributed by atoms with Crippen LogP contribution in [-0.4, -0.2) is 0 Å². The molecular weight excluding hydrogens is 530 g/mol. The first kappa shape index (κ1) is 24.1. The molecule has 210 valence electrons. The predicted molar refractivity (Wildman–Crippen MR) is 189 cm³/mol. The Morgan fingerprint density at radius 2 is 0.955 bits per heavy atom. The molecule has 0 unspecified atom stereocenters. The summed E-state index contributed by atoms with van der Waals surface area (Å²) >= 11 is 0. The molecule has 1 nitrogen and oxygen atoms in total. The Balaban J connectivity index is 1.20. The molecule has 7 aromatic rings. The summed E-state index contributed by atoms with van der Waals surface area (Å²) < 4.78 is 18.0. The van der Waals surface area contributed by atoms with Crippen molar-refractivity contribution in [3.63, 3.8) is 0 Å². The normalized spacial score (nSPS) is 14.4. The Bertz CT molecular complexity index is 2320. The second-order valence-corrected chi connectivity index (χ2v) is 12.1. The molecular formula is C43H33N. The van der Waals surface area contributed by atoms with Gasteiger partial charge in [0.2, 0.25) is 0 Å². The minimum Gasteiger partial charge on any atom is -0.310 e. The van der Waals surface area contributed by atoms with E-state index in [1.165, 1.54) is 33.0 Å². The van der Waals surface area contributed by atoms with Crippen LogP contribution in [0.1, 0.15) is 38.8 Å². The minimum absolute atomic E-state index is 0.232. The molecule has 1 aliphatic rings. The molecule has 1 aliphatic carbocycles. The molecule has 0 atom stereocenters. The summed E-state index contributed by atoms with van der Waals surface area (Å²) in [4.78, 5) is 2.33. The molecule has 0 aliphatic heterocycles. The quantitative estimate of drug-likeness (QED) is 0.188. The molecule has 8 rings (SSSR count). The van der Waals surface area contributed by atoms with Crippen LogP contribution < -0.4 is 4.90 Å². The SMILES string of the molecule is [2H]/C(=C(/[2H])c1ccc2ccccc2c1)c1ccc2c(c1)C(C)(C)c1cc(N(c3ccccc3)c3ccc4ccccc4c3)ccc1-2. The average molecular weight is 566 g/mol. The van der Waals surface area contributed by atoms with Crippen LogP contribution in [0.3, 0.4) is 0 Å². The third kappa shape index (κ3) is 4.49. The number of hydrogen-bond acceptors (Lipinski definition) is 1. The van der Waals surface area contributed by atoms with E-state index in [9.17, 15) is 0 Å². The second-order valence-electron chi connectivity index (χ2n) is 12.1. The molecule has 0 bridgehead atoms. The van der Waals surface area contributed by atoms with E-state index in [1.54, 1.807) is 0 Å². The highest BCUT2D eigenvalue weighted by molar-refractivity contribution is 5.91. The molecule has 0 fully saturated rings. The average Bonchev–Trinajstić information content (AvgIpc) is 3.33. The van der Waals surface area contributed by atoms with Gasteiger partial charge in [0.05, 0.1) is 2.74 Å². The topological polar surface area (TPSA) is 3.24 Å². The summed E-state index contributed by atoms with van der Waals surface area (Å²) in [5.41, 5.74) is 9.41. The molecule has 0 amide bonds. The van der Waals surface area contributed by atoms with Crippen LogP contribution in [0.2, 0.25) is 0 Å². The summed E-state index contributed by atoms with van der Waals surface area (Å²) in [7, 11) is 0. The summed E-state index contributed by atoms with van der Waals surface area (Å²) in [6.45, 7) is 4.54. The van der Waals surface area contributed by atoms with Crippen LogP contribution in [0.25, 0.3) is 44.8 Å². The molecule has 44 heavy (non-hydrogen) atoms. The second kappa shape index (κ2) is 10.4. The number of benzene rings is 7. The molecule has 0 N–H and O–H groups in total. The number of nitrogens with zero attached hydrogens (tertiary/aromatic N) is 1. The lowest BCUT2D eigenvalue weighted by molar-refractivity contribution is 0.660. The predicted octanol–water partition coefficient (Wildman–Crippen LogP) is 11.9. The van der Waals surface area contributed by atoms with Gasteiger partial charge in [0.25, 0.3) is 0 Å². The van der Waals surface area contributed by atoms with Gasteiger partial charge in [0.15, 0.2) is 0 Å². The van der Waals surface area contributed by atoms with Crippen molar-refractivity contribution in [1.29, 1.82) is 0 Å². The van der Waals surface area contributed by atoms with Crippen molar-refractivity contribution in [2.24, 2.45) is 0 Å². The molecule has 0 aromatic heterocycles. The van der Waals surface area contributed by atoms with E-state index >= 15 is 0 Å². The van der Waals surface area contributed by atoms with Gasteiger partial charge in [0.1, 0.15) is 0 Å².